The Morgan fingerprint density at radius 1 is 0.635 bits per heavy atom. The summed E-state index contributed by atoms with van der Waals surface area (Å²) in [5.74, 6) is 0. The molecule has 0 saturated heterocycles. The second-order valence-corrected chi connectivity index (χ2v) is 22.0. The highest BCUT2D eigenvalue weighted by Gasteiger charge is 2.51. The molecule has 4 aliphatic heterocycles. The molecular formula is C43H39N5O2Si2. The fourth-order valence-corrected chi connectivity index (χ4v) is 15.9. The standard InChI is InChI=1S/C43H39N5O2Si2/c1-46(2)22-13-23-51(3,4)50-52(49)47-40-24-36-28-14-5-6-15-29(28)37(44-36)25-41-34-20-11-12-21-35(34)43(48(41)52)27-39-31-17-8-7-16-30(31)38(45-39)26-42(47)33-19-10-9-18-32(33)40/h5-12,14-21,24-27,49H,13,22-23H2,1-4H3/i1+2,2+2. The van der Waals surface area contributed by atoms with Crippen molar-refractivity contribution in [2.24, 2.45) is 9.98 Å². The Morgan fingerprint density at radius 2 is 1.08 bits per heavy atom. The van der Waals surface area contributed by atoms with Crippen LogP contribution in [0.3, 0.4) is 0 Å². The molecule has 0 spiro atoms. The van der Waals surface area contributed by atoms with Gasteiger partial charge >= 0.3 is 8.88 Å². The van der Waals surface area contributed by atoms with Gasteiger partial charge in [-0.3, -0.25) is 0 Å². The minimum atomic E-state index is -4.26. The van der Waals surface area contributed by atoms with Gasteiger partial charge in [0.15, 0.2) is 8.32 Å². The van der Waals surface area contributed by atoms with E-state index in [-0.39, 0.29) is 0 Å². The van der Waals surface area contributed by atoms with Crippen molar-refractivity contribution < 1.29 is 8.91 Å². The summed E-state index contributed by atoms with van der Waals surface area (Å²) in [6, 6.07) is 34.8. The molecule has 256 valence electrons. The van der Waals surface area contributed by atoms with Crippen LogP contribution in [-0.2, 0) is 4.12 Å². The molecule has 0 radical (unpaired) electrons. The second-order valence-electron chi connectivity index (χ2n) is 15.1. The lowest BCUT2D eigenvalue weighted by atomic mass is 10.0. The summed E-state index contributed by atoms with van der Waals surface area (Å²) in [4.78, 5) is 27.2. The highest BCUT2D eigenvalue weighted by molar-refractivity contribution is 6.81. The Labute approximate surface area is 304 Å². The maximum atomic E-state index is 14.3. The molecule has 10 rings (SSSR count). The molecule has 0 fully saturated rings. The summed E-state index contributed by atoms with van der Waals surface area (Å²) in [6.45, 7) is 5.49. The summed E-state index contributed by atoms with van der Waals surface area (Å²) in [7, 11) is -2.58. The first-order chi connectivity index (χ1) is 25.2. The van der Waals surface area contributed by atoms with E-state index in [0.29, 0.717) is 0 Å². The van der Waals surface area contributed by atoms with Crippen molar-refractivity contribution >= 4 is 85.9 Å². The van der Waals surface area contributed by atoms with Crippen molar-refractivity contribution in [3.63, 3.8) is 0 Å². The van der Waals surface area contributed by atoms with Gasteiger partial charge in [-0.2, -0.15) is 0 Å². The monoisotopic (exact) mass is 717 g/mol. The van der Waals surface area contributed by atoms with Crippen molar-refractivity contribution in [2.45, 2.75) is 25.6 Å². The van der Waals surface area contributed by atoms with E-state index >= 15 is 0 Å². The predicted octanol–water partition coefficient (Wildman–Crippen LogP) is 6.78. The topological polar surface area (TPSA) is 67.3 Å². The van der Waals surface area contributed by atoms with E-state index in [1.165, 1.54) is 0 Å². The first-order valence-electron chi connectivity index (χ1n) is 18.1. The average Bonchev–Trinajstić information content (AvgIpc) is 3.84. The van der Waals surface area contributed by atoms with Crippen LogP contribution in [0.5, 0.6) is 0 Å². The summed E-state index contributed by atoms with van der Waals surface area (Å²) in [6.07, 6.45) is 9.68. The van der Waals surface area contributed by atoms with Crippen LogP contribution in [0.2, 0.25) is 19.1 Å². The maximum absolute atomic E-state index is 14.3. The summed E-state index contributed by atoms with van der Waals surface area (Å²) in [5, 5.41) is 5.91. The molecule has 52 heavy (non-hydrogen) atoms. The highest BCUT2D eigenvalue weighted by Crippen LogP contribution is 2.40. The van der Waals surface area contributed by atoms with E-state index in [9.17, 15) is 4.80 Å². The van der Waals surface area contributed by atoms with Crippen molar-refractivity contribution in [3.05, 3.63) is 141 Å². The second kappa shape index (κ2) is 11.4. The lowest BCUT2D eigenvalue weighted by Gasteiger charge is -2.37. The third-order valence-corrected chi connectivity index (χ3v) is 17.8. The van der Waals surface area contributed by atoms with Gasteiger partial charge in [0.25, 0.3) is 0 Å². The van der Waals surface area contributed by atoms with Crippen LogP contribution < -0.4 is 10.7 Å². The zero-order valence-electron chi connectivity index (χ0n) is 29.8. The molecule has 4 aromatic carbocycles. The lowest BCUT2D eigenvalue weighted by molar-refractivity contribution is 0.326. The maximum Gasteiger partial charge on any atom is 0.585 e. The van der Waals surface area contributed by atoms with Crippen molar-refractivity contribution in [1.29, 1.82) is 0 Å². The van der Waals surface area contributed by atoms with E-state index in [2.05, 4.69) is 162 Å². The zero-order valence-corrected chi connectivity index (χ0v) is 31.8. The van der Waals surface area contributed by atoms with Crippen LogP contribution in [0.15, 0.2) is 107 Å². The van der Waals surface area contributed by atoms with Crippen molar-refractivity contribution in [2.75, 3.05) is 20.6 Å². The minimum absolute atomic E-state index is 0.874. The van der Waals surface area contributed by atoms with Crippen LogP contribution in [0.1, 0.15) is 40.1 Å². The van der Waals surface area contributed by atoms with Crippen LogP contribution in [0.4, 0.5) is 0 Å². The molecule has 6 bridgehead atoms. The van der Waals surface area contributed by atoms with Gasteiger partial charge in [-0.05, 0) is 70.5 Å². The highest BCUT2D eigenvalue weighted by atomic mass is 28.5. The first kappa shape index (κ1) is 31.6. The van der Waals surface area contributed by atoms with Crippen LogP contribution in [0, 0.1) is 0 Å². The normalized spacial score (nSPS) is 18.3. The van der Waals surface area contributed by atoms with Crippen molar-refractivity contribution in [1.82, 2.24) is 13.4 Å². The van der Waals surface area contributed by atoms with Crippen LogP contribution in [0.25, 0.3) is 57.2 Å². The molecule has 7 nitrogen and oxygen atoms in total. The Hall–Kier alpha value is -5.17. The largest absolute Gasteiger partial charge is 0.585 e. The summed E-state index contributed by atoms with van der Waals surface area (Å²) < 4.78 is 12.0. The number of nitrogens with zero attached hydrogens (tertiary/aromatic N) is 5. The van der Waals surface area contributed by atoms with Gasteiger partial charge in [0.1, 0.15) is 0 Å². The molecule has 1 N–H and O–H groups in total. The Balaban J connectivity index is 1.44. The van der Waals surface area contributed by atoms with E-state index in [0.717, 1.165) is 108 Å². The number of aliphatic imine (C=N–C) groups is 2. The van der Waals surface area contributed by atoms with Gasteiger partial charge < -0.3 is 22.3 Å². The van der Waals surface area contributed by atoms with Crippen molar-refractivity contribution in [3.8, 4) is 0 Å². The molecule has 6 heterocycles. The molecular weight excluding hydrogens is 679 g/mol. The third kappa shape index (κ3) is 4.67. The third-order valence-electron chi connectivity index (χ3n) is 10.8. The van der Waals surface area contributed by atoms with Gasteiger partial charge in [-0.15, -0.1) is 0 Å². The van der Waals surface area contributed by atoms with Gasteiger partial charge in [0.05, 0.1) is 22.8 Å². The average molecular weight is 718 g/mol. The number of benzene rings is 4. The number of fused-ring (bicyclic) bond motifs is 14. The van der Waals surface area contributed by atoms with E-state index < -0.39 is 17.2 Å². The SMILES string of the molecule is C[Si](C)(CCCN([14CH3])[14CH3])O[Si]1(O)n2c3c4ccccc4c2C=C2N=C(C=c4c5ccccc5c(n41)=CC1=NC(=C3)c3ccccc31)c1ccccc12. The number of hydrogen-bond donors (Lipinski definition) is 1. The van der Waals surface area contributed by atoms with E-state index in [1.807, 2.05) is 0 Å². The van der Waals surface area contributed by atoms with Crippen LogP contribution in [-0.4, -0.2) is 67.4 Å². The molecule has 1 unspecified atom stereocenters. The van der Waals surface area contributed by atoms with Gasteiger partial charge in [0, 0.05) is 65.9 Å². The summed E-state index contributed by atoms with van der Waals surface area (Å²) >= 11 is 0. The molecule has 6 aromatic rings. The van der Waals surface area contributed by atoms with Gasteiger partial charge in [-0.1, -0.05) is 97.1 Å². The quantitative estimate of drug-likeness (QED) is 0.193. The Morgan fingerprint density at radius 3 is 1.56 bits per heavy atom. The predicted molar refractivity (Wildman–Crippen MR) is 219 cm³/mol. The number of rotatable bonds is 6. The molecule has 1 atom stereocenters. The smallest absolute Gasteiger partial charge is 0.404 e. The Kier molecular flexibility index (Phi) is 6.93. The zero-order chi connectivity index (χ0) is 35.4. The minimum Gasteiger partial charge on any atom is -0.404 e. The Bertz CT molecular complexity index is 2620. The molecule has 0 aliphatic carbocycles. The van der Waals surface area contributed by atoms with E-state index in [1.54, 1.807) is 0 Å². The van der Waals surface area contributed by atoms with Gasteiger partial charge in [0.2, 0.25) is 0 Å². The van der Waals surface area contributed by atoms with Crippen LogP contribution >= 0.6 is 0 Å². The fourth-order valence-electron chi connectivity index (χ4n) is 8.55. The first-order valence-corrected chi connectivity index (χ1v) is 22.9. The molecule has 2 aromatic heterocycles. The fraction of sp³-hybridized carbons (Fsp3) is 0.163. The van der Waals surface area contributed by atoms with Gasteiger partial charge in [-0.25, -0.2) is 9.98 Å². The van der Waals surface area contributed by atoms with E-state index in [4.69, 9.17) is 14.1 Å². The molecule has 9 heteroatoms. The molecule has 0 saturated carbocycles. The number of hydrogen-bond acceptors (Lipinski definition) is 5. The molecule has 0 amide bonds. The summed E-state index contributed by atoms with van der Waals surface area (Å²) in [5.41, 5.74) is 9.58. The lowest BCUT2D eigenvalue weighted by Crippen LogP contribution is -2.66. The molecule has 4 aliphatic rings. The number of aromatic nitrogens is 2.